The normalized spacial score (nSPS) is 24.9. The molecule has 2 aliphatic rings. The topological polar surface area (TPSA) is 106 Å². The number of likely N-dealkylation sites (tertiary alicyclic amines) is 1. The van der Waals surface area contributed by atoms with Crippen molar-refractivity contribution in [2.45, 2.75) is 11.5 Å². The molecule has 3 atom stereocenters. The van der Waals surface area contributed by atoms with Crippen LogP contribution in [0.2, 0.25) is 0 Å². The van der Waals surface area contributed by atoms with Gasteiger partial charge in [0.05, 0.1) is 17.1 Å². The molecule has 1 aromatic heterocycles. The van der Waals surface area contributed by atoms with E-state index < -0.39 is 22.3 Å². The predicted octanol–water partition coefficient (Wildman–Crippen LogP) is 3.56. The Bertz CT molecular complexity index is 1210. The second kappa shape index (κ2) is 6.88. The molecule has 0 saturated carbocycles. The second-order valence-electron chi connectivity index (χ2n) is 7.92. The molecule has 5 rings (SSSR count). The van der Waals surface area contributed by atoms with Gasteiger partial charge in [0.15, 0.2) is 5.76 Å². The lowest BCUT2D eigenvalue weighted by atomic mass is 9.71. The van der Waals surface area contributed by atoms with E-state index in [1.165, 1.54) is 18.4 Å². The molecule has 0 bridgehead atoms. The molecule has 2 aromatic carbocycles. The molecule has 8 nitrogen and oxygen atoms in total. The standard InChI is InChI=1S/C23H19N3O5/c1-25-13-16(14-6-4-7-15(12-14)26(29)30)20(21(27)19-10-5-11-31-19)23(25)17-8-2-3-9-18(17)24-22(23)28/h2-12,16,20H,13H2,1H3,(H,24,28)/t16-,20-,23-/m1/s1. The maximum Gasteiger partial charge on any atom is 0.269 e. The average molecular weight is 417 g/mol. The van der Waals surface area contributed by atoms with E-state index in [-0.39, 0.29) is 23.1 Å². The first-order valence-electron chi connectivity index (χ1n) is 9.89. The smallest absolute Gasteiger partial charge is 0.269 e. The quantitative estimate of drug-likeness (QED) is 0.395. The third-order valence-corrected chi connectivity index (χ3v) is 6.41. The SMILES string of the molecule is CN1C[C@H](c2cccc([N+](=O)[O-])c2)[C@H](C(=O)c2ccco2)[C@]12C(=O)Nc1ccccc12. The average Bonchev–Trinajstić information content (AvgIpc) is 3.47. The van der Waals surface area contributed by atoms with E-state index in [1.807, 2.05) is 29.2 Å². The van der Waals surface area contributed by atoms with Gasteiger partial charge in [0.2, 0.25) is 11.7 Å². The molecule has 2 aliphatic heterocycles. The lowest BCUT2D eigenvalue weighted by Gasteiger charge is -2.35. The van der Waals surface area contributed by atoms with E-state index in [2.05, 4.69) is 5.32 Å². The predicted molar refractivity (Wildman–Crippen MR) is 112 cm³/mol. The lowest BCUT2D eigenvalue weighted by Crippen LogP contribution is -2.51. The Morgan fingerprint density at radius 3 is 2.74 bits per heavy atom. The molecule has 3 aromatic rings. The zero-order valence-electron chi connectivity index (χ0n) is 16.6. The van der Waals surface area contributed by atoms with Crippen molar-refractivity contribution in [3.63, 3.8) is 0 Å². The summed E-state index contributed by atoms with van der Waals surface area (Å²) in [6, 6.07) is 16.8. The van der Waals surface area contributed by atoms with Crippen molar-refractivity contribution in [2.24, 2.45) is 5.92 Å². The molecule has 0 radical (unpaired) electrons. The fraction of sp³-hybridized carbons (Fsp3) is 0.217. The van der Waals surface area contributed by atoms with Crippen molar-refractivity contribution < 1.29 is 18.9 Å². The summed E-state index contributed by atoms with van der Waals surface area (Å²) < 4.78 is 5.41. The Morgan fingerprint density at radius 2 is 2.00 bits per heavy atom. The maximum absolute atomic E-state index is 13.7. The molecule has 1 spiro atoms. The number of nitrogens with zero attached hydrogens (tertiary/aromatic N) is 2. The minimum Gasteiger partial charge on any atom is -0.461 e. The zero-order valence-corrected chi connectivity index (χ0v) is 16.6. The number of hydrogen-bond donors (Lipinski definition) is 1. The number of carbonyl (C=O) groups is 2. The number of rotatable bonds is 4. The van der Waals surface area contributed by atoms with E-state index in [0.29, 0.717) is 17.8 Å². The number of carbonyl (C=O) groups excluding carboxylic acids is 2. The number of benzene rings is 2. The Morgan fingerprint density at radius 1 is 1.19 bits per heavy atom. The summed E-state index contributed by atoms with van der Waals surface area (Å²) in [4.78, 5) is 40.0. The molecule has 1 saturated heterocycles. The number of Topliss-reactive ketones (excluding diaryl/α,β-unsaturated/α-hetero) is 1. The van der Waals surface area contributed by atoms with Crippen LogP contribution in [0.5, 0.6) is 0 Å². The molecule has 156 valence electrons. The number of amides is 1. The fourth-order valence-electron chi connectivity index (χ4n) is 5.14. The molecule has 1 amide bonds. The summed E-state index contributed by atoms with van der Waals surface area (Å²) in [7, 11) is 1.81. The number of nitrogens with one attached hydrogen (secondary N) is 1. The number of nitro benzene ring substituents is 1. The van der Waals surface area contributed by atoms with Gasteiger partial charge in [0.25, 0.3) is 5.69 Å². The Labute approximate surface area is 177 Å². The highest BCUT2D eigenvalue weighted by Crippen LogP contribution is 2.55. The summed E-state index contributed by atoms with van der Waals surface area (Å²) in [6.45, 7) is 0.375. The number of nitro groups is 1. The van der Waals surface area contributed by atoms with Gasteiger partial charge in [-0.25, -0.2) is 0 Å². The van der Waals surface area contributed by atoms with Crippen molar-refractivity contribution in [3.8, 4) is 0 Å². The third kappa shape index (κ3) is 2.65. The minimum absolute atomic E-state index is 0.0541. The van der Waals surface area contributed by atoms with Gasteiger partial charge in [-0.3, -0.25) is 24.6 Å². The first-order chi connectivity index (χ1) is 14.9. The van der Waals surface area contributed by atoms with Crippen molar-refractivity contribution >= 4 is 23.1 Å². The van der Waals surface area contributed by atoms with Crippen molar-refractivity contribution in [3.05, 3.63) is 93.9 Å². The highest BCUT2D eigenvalue weighted by molar-refractivity contribution is 6.11. The summed E-state index contributed by atoms with van der Waals surface area (Å²) in [5.41, 5.74) is 0.730. The molecule has 1 fully saturated rings. The number of non-ortho nitro benzene ring substituents is 1. The minimum atomic E-state index is -1.24. The molecular weight excluding hydrogens is 398 g/mol. The van der Waals surface area contributed by atoms with Gasteiger partial charge in [-0.15, -0.1) is 0 Å². The monoisotopic (exact) mass is 417 g/mol. The van der Waals surface area contributed by atoms with Crippen molar-refractivity contribution in [1.82, 2.24) is 4.90 Å². The Kier molecular flexibility index (Phi) is 4.26. The number of likely N-dealkylation sites (N-methyl/N-ethyl adjacent to an activating group) is 1. The van der Waals surface area contributed by atoms with Crippen LogP contribution in [-0.2, 0) is 10.3 Å². The molecule has 0 aliphatic carbocycles. The van der Waals surface area contributed by atoms with Crippen LogP contribution in [-0.4, -0.2) is 35.1 Å². The summed E-state index contributed by atoms with van der Waals surface area (Å²) in [5, 5.41) is 14.3. The van der Waals surface area contributed by atoms with Gasteiger partial charge in [-0.2, -0.15) is 0 Å². The zero-order chi connectivity index (χ0) is 21.8. The van der Waals surface area contributed by atoms with E-state index >= 15 is 0 Å². The maximum atomic E-state index is 13.7. The van der Waals surface area contributed by atoms with Crippen LogP contribution in [0.15, 0.2) is 71.3 Å². The first-order valence-corrected chi connectivity index (χ1v) is 9.89. The first kappa shape index (κ1) is 19.2. The second-order valence-corrected chi connectivity index (χ2v) is 7.92. The number of hydrogen-bond acceptors (Lipinski definition) is 6. The van der Waals surface area contributed by atoms with Crippen LogP contribution in [0.1, 0.15) is 27.6 Å². The molecule has 0 unspecified atom stereocenters. The van der Waals surface area contributed by atoms with Gasteiger partial charge in [0.1, 0.15) is 5.54 Å². The Hall–Kier alpha value is -3.78. The van der Waals surface area contributed by atoms with Gasteiger partial charge in [-0.05, 0) is 30.8 Å². The van der Waals surface area contributed by atoms with Crippen LogP contribution < -0.4 is 5.32 Å². The molecule has 31 heavy (non-hydrogen) atoms. The van der Waals surface area contributed by atoms with Gasteiger partial charge in [-0.1, -0.05) is 30.3 Å². The highest BCUT2D eigenvalue weighted by Gasteiger charge is 2.64. The van der Waals surface area contributed by atoms with Crippen LogP contribution in [0.25, 0.3) is 0 Å². The fourth-order valence-corrected chi connectivity index (χ4v) is 5.14. The van der Waals surface area contributed by atoms with Gasteiger partial charge < -0.3 is 9.73 Å². The molecular formula is C23H19N3O5. The number of anilines is 1. The van der Waals surface area contributed by atoms with E-state index in [0.717, 1.165) is 5.56 Å². The number of furan rings is 1. The van der Waals surface area contributed by atoms with E-state index in [4.69, 9.17) is 4.42 Å². The van der Waals surface area contributed by atoms with Crippen LogP contribution in [0.3, 0.4) is 0 Å². The van der Waals surface area contributed by atoms with E-state index in [9.17, 15) is 19.7 Å². The lowest BCUT2D eigenvalue weighted by molar-refractivity contribution is -0.384. The third-order valence-electron chi connectivity index (χ3n) is 6.41. The number of fused-ring (bicyclic) bond motifs is 2. The molecule has 1 N–H and O–H groups in total. The summed E-state index contributed by atoms with van der Waals surface area (Å²) >= 11 is 0. The molecule has 8 heteroatoms. The van der Waals surface area contributed by atoms with Crippen molar-refractivity contribution in [2.75, 3.05) is 18.9 Å². The van der Waals surface area contributed by atoms with Crippen molar-refractivity contribution in [1.29, 1.82) is 0 Å². The largest absolute Gasteiger partial charge is 0.461 e. The number of para-hydroxylation sites is 1. The Balaban J connectivity index is 1.72. The van der Waals surface area contributed by atoms with Gasteiger partial charge in [0, 0.05) is 35.8 Å². The summed E-state index contributed by atoms with van der Waals surface area (Å²) in [5.74, 6) is -1.70. The summed E-state index contributed by atoms with van der Waals surface area (Å²) in [6.07, 6.45) is 1.42. The highest BCUT2D eigenvalue weighted by atomic mass is 16.6. The van der Waals surface area contributed by atoms with Crippen LogP contribution >= 0.6 is 0 Å². The van der Waals surface area contributed by atoms with Gasteiger partial charge >= 0.3 is 0 Å². The molecule has 3 heterocycles. The van der Waals surface area contributed by atoms with E-state index in [1.54, 1.807) is 31.3 Å². The van der Waals surface area contributed by atoms with Crippen LogP contribution in [0.4, 0.5) is 11.4 Å². The number of ketones is 1. The van der Waals surface area contributed by atoms with Crippen LogP contribution in [0, 0.1) is 16.0 Å².